The summed E-state index contributed by atoms with van der Waals surface area (Å²) in [6, 6.07) is 4.91. The molecule has 0 saturated heterocycles. The summed E-state index contributed by atoms with van der Waals surface area (Å²) in [6.45, 7) is 0. The molecule has 0 atom stereocenters. The van der Waals surface area contributed by atoms with Gasteiger partial charge in [-0.15, -0.1) is 0 Å². The third kappa shape index (κ3) is 3.88. The van der Waals surface area contributed by atoms with Gasteiger partial charge in [-0.1, -0.05) is 12.1 Å². The van der Waals surface area contributed by atoms with E-state index in [9.17, 15) is 36.6 Å². The van der Waals surface area contributed by atoms with E-state index in [0.29, 0.717) is 12.1 Å². The van der Waals surface area contributed by atoms with Gasteiger partial charge in [0.25, 0.3) is 20.2 Å². The number of carboxylic acids is 2. The Labute approximate surface area is 146 Å². The number of carbonyl (C=O) groups is 2. The standard InChI is InChI=1S/C14H10O10S2/c15-13(16)11-5-7(25(19,20)21)1-3-9(11)10-4-2-8(26(22,23)24)6-12(10)14(17)18/h1-6H,(H,15,16)(H,17,18)(H,19,20,21)(H,22,23,24). The fourth-order valence-electron chi connectivity index (χ4n) is 2.19. The van der Waals surface area contributed by atoms with Gasteiger partial charge in [-0.3, -0.25) is 9.11 Å². The molecule has 0 aliphatic rings. The van der Waals surface area contributed by atoms with Crippen molar-refractivity contribution in [1.82, 2.24) is 0 Å². The number of hydrogen-bond acceptors (Lipinski definition) is 6. The number of hydrogen-bond donors (Lipinski definition) is 4. The van der Waals surface area contributed by atoms with Crippen molar-refractivity contribution < 1.29 is 45.7 Å². The smallest absolute Gasteiger partial charge is 0.336 e. The average molecular weight is 402 g/mol. The van der Waals surface area contributed by atoms with Crippen LogP contribution < -0.4 is 0 Å². The Morgan fingerprint density at radius 1 is 0.654 bits per heavy atom. The number of carboxylic acid groups (broad SMARTS) is 2. The van der Waals surface area contributed by atoms with Gasteiger partial charge in [0.15, 0.2) is 0 Å². The zero-order chi connectivity index (χ0) is 19.9. The van der Waals surface area contributed by atoms with Gasteiger partial charge in [0.05, 0.1) is 20.9 Å². The lowest BCUT2D eigenvalue weighted by atomic mass is 9.95. The Morgan fingerprint density at radius 3 is 1.19 bits per heavy atom. The molecule has 138 valence electrons. The Kier molecular flexibility index (Phi) is 4.88. The van der Waals surface area contributed by atoms with Crippen LogP contribution in [0.3, 0.4) is 0 Å². The van der Waals surface area contributed by atoms with Gasteiger partial charge < -0.3 is 10.2 Å². The van der Waals surface area contributed by atoms with E-state index in [1.807, 2.05) is 0 Å². The first-order chi connectivity index (χ1) is 11.8. The van der Waals surface area contributed by atoms with Crippen molar-refractivity contribution in [2.75, 3.05) is 0 Å². The summed E-state index contributed by atoms with van der Waals surface area (Å²) in [5.41, 5.74) is -1.74. The molecule has 4 N–H and O–H groups in total. The minimum Gasteiger partial charge on any atom is -0.478 e. The molecule has 26 heavy (non-hydrogen) atoms. The second kappa shape index (κ2) is 6.49. The van der Waals surface area contributed by atoms with Gasteiger partial charge in [0.2, 0.25) is 0 Å². The molecule has 2 rings (SSSR count). The van der Waals surface area contributed by atoms with Crippen LogP contribution in [0.1, 0.15) is 20.7 Å². The molecule has 0 aliphatic carbocycles. The van der Waals surface area contributed by atoms with E-state index >= 15 is 0 Å². The van der Waals surface area contributed by atoms with Crippen LogP contribution in [0.5, 0.6) is 0 Å². The van der Waals surface area contributed by atoms with Crippen LogP contribution in [0, 0.1) is 0 Å². The van der Waals surface area contributed by atoms with E-state index in [-0.39, 0.29) is 11.1 Å². The molecule has 0 spiro atoms. The third-order valence-electron chi connectivity index (χ3n) is 3.33. The van der Waals surface area contributed by atoms with Gasteiger partial charge in [-0.2, -0.15) is 16.8 Å². The fourth-order valence-corrected chi connectivity index (χ4v) is 3.20. The Hall–Kier alpha value is -2.80. The summed E-state index contributed by atoms with van der Waals surface area (Å²) in [5.74, 6) is -3.22. The van der Waals surface area contributed by atoms with Crippen molar-refractivity contribution in [2.24, 2.45) is 0 Å². The lowest BCUT2D eigenvalue weighted by Crippen LogP contribution is -2.08. The van der Waals surface area contributed by atoms with Crippen molar-refractivity contribution in [3.63, 3.8) is 0 Å². The molecule has 0 radical (unpaired) electrons. The highest BCUT2D eigenvalue weighted by molar-refractivity contribution is 7.86. The Bertz CT molecular complexity index is 1040. The lowest BCUT2D eigenvalue weighted by Gasteiger charge is -2.12. The van der Waals surface area contributed by atoms with E-state index in [4.69, 9.17) is 9.11 Å². The van der Waals surface area contributed by atoms with Crippen molar-refractivity contribution >= 4 is 32.2 Å². The molecule has 0 unspecified atom stereocenters. The molecule has 0 amide bonds. The molecule has 0 aliphatic heterocycles. The predicted octanol–water partition coefficient (Wildman–Crippen LogP) is 1.24. The van der Waals surface area contributed by atoms with Gasteiger partial charge in [-0.05, 0) is 35.4 Å². The average Bonchev–Trinajstić information content (AvgIpc) is 2.51. The first-order valence-electron chi connectivity index (χ1n) is 6.52. The SMILES string of the molecule is O=C(O)c1cc(S(=O)(=O)O)ccc1-c1ccc(S(=O)(=O)O)cc1C(=O)O. The molecule has 10 nitrogen and oxygen atoms in total. The third-order valence-corrected chi connectivity index (χ3v) is 5.03. The first-order valence-corrected chi connectivity index (χ1v) is 9.40. The van der Waals surface area contributed by atoms with E-state index in [2.05, 4.69) is 0 Å². The fraction of sp³-hybridized carbons (Fsp3) is 0. The maximum absolute atomic E-state index is 11.4. The van der Waals surface area contributed by atoms with Crippen LogP contribution in [0.2, 0.25) is 0 Å². The van der Waals surface area contributed by atoms with Crippen molar-refractivity contribution in [3.8, 4) is 11.1 Å². The molecular formula is C14H10O10S2. The summed E-state index contributed by atoms with van der Waals surface area (Å²) in [7, 11) is -9.40. The second-order valence-corrected chi connectivity index (χ2v) is 7.82. The minimum atomic E-state index is -4.70. The molecule has 0 saturated carbocycles. The highest BCUT2D eigenvalue weighted by atomic mass is 32.2. The highest BCUT2D eigenvalue weighted by Crippen LogP contribution is 2.31. The van der Waals surface area contributed by atoms with Crippen LogP contribution >= 0.6 is 0 Å². The van der Waals surface area contributed by atoms with Gasteiger partial charge in [0.1, 0.15) is 0 Å². The predicted molar refractivity (Wildman–Crippen MR) is 85.4 cm³/mol. The molecule has 2 aromatic carbocycles. The minimum absolute atomic E-state index is 0.232. The largest absolute Gasteiger partial charge is 0.478 e. The molecule has 0 bridgehead atoms. The van der Waals surface area contributed by atoms with E-state index in [1.165, 1.54) is 0 Å². The number of benzene rings is 2. The van der Waals surface area contributed by atoms with Crippen molar-refractivity contribution in [3.05, 3.63) is 47.5 Å². The summed E-state index contributed by atoms with van der Waals surface area (Å²) >= 11 is 0. The molecule has 12 heteroatoms. The van der Waals surface area contributed by atoms with Crippen molar-refractivity contribution in [1.29, 1.82) is 0 Å². The molecule has 0 fully saturated rings. The zero-order valence-electron chi connectivity index (χ0n) is 12.5. The molecule has 0 aromatic heterocycles. The summed E-state index contributed by atoms with van der Waals surface area (Å²) in [6.07, 6.45) is 0. The van der Waals surface area contributed by atoms with Crippen LogP contribution in [-0.4, -0.2) is 48.1 Å². The quantitative estimate of drug-likeness (QED) is 0.531. The highest BCUT2D eigenvalue weighted by Gasteiger charge is 2.23. The lowest BCUT2D eigenvalue weighted by molar-refractivity contribution is 0.0684. The monoisotopic (exact) mass is 402 g/mol. The second-order valence-electron chi connectivity index (χ2n) is 4.98. The Balaban J connectivity index is 2.83. The molecule has 2 aromatic rings. The maximum Gasteiger partial charge on any atom is 0.336 e. The van der Waals surface area contributed by atoms with Crippen LogP contribution in [0.4, 0.5) is 0 Å². The Morgan fingerprint density at radius 2 is 0.962 bits per heavy atom. The maximum atomic E-state index is 11.4. The van der Waals surface area contributed by atoms with E-state index < -0.39 is 53.1 Å². The van der Waals surface area contributed by atoms with Crippen LogP contribution in [0.25, 0.3) is 11.1 Å². The molecular weight excluding hydrogens is 392 g/mol. The van der Waals surface area contributed by atoms with Crippen LogP contribution in [-0.2, 0) is 20.2 Å². The zero-order valence-corrected chi connectivity index (χ0v) is 14.2. The molecule has 0 heterocycles. The first kappa shape index (κ1) is 19.5. The van der Waals surface area contributed by atoms with Crippen molar-refractivity contribution in [2.45, 2.75) is 9.79 Å². The summed E-state index contributed by atoms with van der Waals surface area (Å²) in [4.78, 5) is 21.4. The summed E-state index contributed by atoms with van der Waals surface area (Å²) < 4.78 is 62.7. The number of aromatic carboxylic acids is 2. The van der Waals surface area contributed by atoms with Gasteiger partial charge in [-0.25, -0.2) is 9.59 Å². The topological polar surface area (TPSA) is 183 Å². The van der Waals surface area contributed by atoms with E-state index in [0.717, 1.165) is 24.3 Å². The van der Waals surface area contributed by atoms with E-state index in [1.54, 1.807) is 0 Å². The normalized spacial score (nSPS) is 11.9. The van der Waals surface area contributed by atoms with Gasteiger partial charge >= 0.3 is 11.9 Å². The van der Waals surface area contributed by atoms with Crippen LogP contribution in [0.15, 0.2) is 46.2 Å². The summed E-state index contributed by atoms with van der Waals surface area (Å²) in [5, 5.41) is 18.5. The van der Waals surface area contributed by atoms with Gasteiger partial charge in [0, 0.05) is 0 Å². The number of rotatable bonds is 5.